The predicted molar refractivity (Wildman–Crippen MR) is 75.2 cm³/mol. The molecule has 17 heavy (non-hydrogen) atoms. The standard InChI is InChI=1S/C16H31N/c1-13-10-14(2)12-16(11-13)17-15-8-6-4-3-5-7-9-15/h13-17H,3-12H2,1-2H3. The lowest BCUT2D eigenvalue weighted by atomic mass is 9.80. The summed E-state index contributed by atoms with van der Waals surface area (Å²) in [6, 6.07) is 1.65. The highest BCUT2D eigenvalue weighted by molar-refractivity contribution is 4.83. The maximum absolute atomic E-state index is 3.99. The average Bonchev–Trinajstić information content (AvgIpc) is 2.20. The van der Waals surface area contributed by atoms with Crippen LogP contribution < -0.4 is 5.32 Å². The highest BCUT2D eigenvalue weighted by Gasteiger charge is 2.25. The van der Waals surface area contributed by atoms with Gasteiger partial charge in [-0.15, -0.1) is 0 Å². The topological polar surface area (TPSA) is 12.0 Å². The van der Waals surface area contributed by atoms with Gasteiger partial charge in [-0.2, -0.15) is 0 Å². The minimum absolute atomic E-state index is 0.818. The third kappa shape index (κ3) is 4.62. The molecule has 0 spiro atoms. The minimum Gasteiger partial charge on any atom is -0.311 e. The first kappa shape index (κ1) is 13.4. The normalized spacial score (nSPS) is 37.4. The summed E-state index contributed by atoms with van der Waals surface area (Å²) < 4.78 is 0. The van der Waals surface area contributed by atoms with Crippen LogP contribution in [0.4, 0.5) is 0 Å². The van der Waals surface area contributed by atoms with Crippen LogP contribution in [0.25, 0.3) is 0 Å². The molecule has 2 unspecified atom stereocenters. The van der Waals surface area contributed by atoms with Crippen molar-refractivity contribution in [1.82, 2.24) is 5.32 Å². The summed E-state index contributed by atoms with van der Waals surface area (Å²) in [5, 5.41) is 3.99. The number of nitrogens with one attached hydrogen (secondary N) is 1. The van der Waals surface area contributed by atoms with Crippen LogP contribution in [0.5, 0.6) is 0 Å². The summed E-state index contributed by atoms with van der Waals surface area (Å²) in [5.41, 5.74) is 0. The van der Waals surface area contributed by atoms with Crippen molar-refractivity contribution >= 4 is 0 Å². The van der Waals surface area contributed by atoms with E-state index in [9.17, 15) is 0 Å². The maximum atomic E-state index is 3.99. The van der Waals surface area contributed by atoms with Crippen LogP contribution in [0.2, 0.25) is 0 Å². The Hall–Kier alpha value is -0.0400. The van der Waals surface area contributed by atoms with Crippen molar-refractivity contribution in [1.29, 1.82) is 0 Å². The van der Waals surface area contributed by atoms with Crippen molar-refractivity contribution in [3.8, 4) is 0 Å². The van der Waals surface area contributed by atoms with E-state index in [1.54, 1.807) is 0 Å². The molecular formula is C16H31N. The fourth-order valence-corrected chi connectivity index (χ4v) is 4.04. The van der Waals surface area contributed by atoms with Gasteiger partial charge < -0.3 is 5.32 Å². The summed E-state index contributed by atoms with van der Waals surface area (Å²) in [6.07, 6.45) is 14.5. The van der Waals surface area contributed by atoms with Crippen LogP contribution in [0.15, 0.2) is 0 Å². The Morgan fingerprint density at radius 1 is 0.647 bits per heavy atom. The van der Waals surface area contributed by atoms with Crippen LogP contribution >= 0.6 is 0 Å². The van der Waals surface area contributed by atoms with Crippen LogP contribution in [-0.2, 0) is 0 Å². The van der Waals surface area contributed by atoms with Gasteiger partial charge in [-0.05, 0) is 43.9 Å². The molecule has 0 amide bonds. The van der Waals surface area contributed by atoms with Gasteiger partial charge in [-0.25, -0.2) is 0 Å². The third-order valence-corrected chi connectivity index (χ3v) is 4.76. The lowest BCUT2D eigenvalue weighted by molar-refractivity contribution is 0.215. The zero-order valence-electron chi connectivity index (χ0n) is 11.9. The lowest BCUT2D eigenvalue weighted by Gasteiger charge is -2.35. The van der Waals surface area contributed by atoms with E-state index in [0.29, 0.717) is 0 Å². The molecule has 2 saturated carbocycles. The van der Waals surface area contributed by atoms with Gasteiger partial charge in [0.25, 0.3) is 0 Å². The van der Waals surface area contributed by atoms with E-state index in [0.717, 1.165) is 23.9 Å². The Labute approximate surface area is 108 Å². The Morgan fingerprint density at radius 2 is 1.18 bits per heavy atom. The van der Waals surface area contributed by atoms with Gasteiger partial charge in [0, 0.05) is 12.1 Å². The molecule has 2 aliphatic rings. The van der Waals surface area contributed by atoms with E-state index in [-0.39, 0.29) is 0 Å². The Kier molecular flexibility index (Phi) is 5.34. The fraction of sp³-hybridized carbons (Fsp3) is 1.00. The summed E-state index contributed by atoms with van der Waals surface area (Å²) in [4.78, 5) is 0. The predicted octanol–water partition coefficient (Wildman–Crippen LogP) is 4.51. The van der Waals surface area contributed by atoms with E-state index in [1.165, 1.54) is 64.2 Å². The first-order chi connectivity index (χ1) is 8.24. The van der Waals surface area contributed by atoms with Crippen molar-refractivity contribution < 1.29 is 0 Å². The second-order valence-electron chi connectivity index (χ2n) is 6.82. The SMILES string of the molecule is CC1CC(C)CC(NC2CCCCCCC2)C1. The first-order valence-corrected chi connectivity index (χ1v) is 8.00. The second-order valence-corrected chi connectivity index (χ2v) is 6.82. The molecule has 0 aromatic heterocycles. The van der Waals surface area contributed by atoms with Gasteiger partial charge in [-0.1, -0.05) is 46.0 Å². The van der Waals surface area contributed by atoms with Crippen molar-refractivity contribution in [3.05, 3.63) is 0 Å². The average molecular weight is 237 g/mol. The van der Waals surface area contributed by atoms with E-state index < -0.39 is 0 Å². The van der Waals surface area contributed by atoms with Crippen molar-refractivity contribution in [2.24, 2.45) is 11.8 Å². The molecule has 1 heteroatoms. The molecule has 0 bridgehead atoms. The third-order valence-electron chi connectivity index (χ3n) is 4.76. The quantitative estimate of drug-likeness (QED) is 0.745. The highest BCUT2D eigenvalue weighted by Crippen LogP contribution is 2.29. The molecule has 2 atom stereocenters. The van der Waals surface area contributed by atoms with Crippen molar-refractivity contribution in [2.75, 3.05) is 0 Å². The highest BCUT2D eigenvalue weighted by atomic mass is 15.0. The van der Waals surface area contributed by atoms with Gasteiger partial charge in [-0.3, -0.25) is 0 Å². The summed E-state index contributed by atoms with van der Waals surface area (Å²) >= 11 is 0. The summed E-state index contributed by atoms with van der Waals surface area (Å²) in [7, 11) is 0. The van der Waals surface area contributed by atoms with Crippen LogP contribution in [0.1, 0.15) is 78.1 Å². The van der Waals surface area contributed by atoms with Gasteiger partial charge in [0.05, 0.1) is 0 Å². The number of hydrogen-bond acceptors (Lipinski definition) is 1. The zero-order chi connectivity index (χ0) is 12.1. The number of rotatable bonds is 2. The molecule has 0 aliphatic heterocycles. The molecule has 100 valence electrons. The monoisotopic (exact) mass is 237 g/mol. The first-order valence-electron chi connectivity index (χ1n) is 8.00. The molecule has 0 aromatic carbocycles. The zero-order valence-corrected chi connectivity index (χ0v) is 11.9. The van der Waals surface area contributed by atoms with Gasteiger partial charge >= 0.3 is 0 Å². The van der Waals surface area contributed by atoms with E-state index in [4.69, 9.17) is 0 Å². The van der Waals surface area contributed by atoms with Crippen LogP contribution in [0, 0.1) is 11.8 Å². The van der Waals surface area contributed by atoms with E-state index >= 15 is 0 Å². The maximum Gasteiger partial charge on any atom is 0.00747 e. The van der Waals surface area contributed by atoms with Crippen molar-refractivity contribution in [3.63, 3.8) is 0 Å². The summed E-state index contributed by atoms with van der Waals surface area (Å²) in [6.45, 7) is 4.87. The van der Waals surface area contributed by atoms with Crippen molar-refractivity contribution in [2.45, 2.75) is 90.1 Å². The molecule has 1 N–H and O–H groups in total. The second kappa shape index (κ2) is 6.78. The van der Waals surface area contributed by atoms with Gasteiger partial charge in [0.2, 0.25) is 0 Å². The smallest absolute Gasteiger partial charge is 0.00747 e. The largest absolute Gasteiger partial charge is 0.311 e. The van der Waals surface area contributed by atoms with Crippen LogP contribution in [-0.4, -0.2) is 12.1 Å². The lowest BCUT2D eigenvalue weighted by Crippen LogP contribution is -2.42. The van der Waals surface area contributed by atoms with Crippen LogP contribution in [0.3, 0.4) is 0 Å². The molecule has 0 aromatic rings. The fourth-order valence-electron chi connectivity index (χ4n) is 4.04. The number of hydrogen-bond donors (Lipinski definition) is 1. The summed E-state index contributed by atoms with van der Waals surface area (Å²) in [5.74, 6) is 1.87. The molecular weight excluding hydrogens is 206 g/mol. The Bertz CT molecular complexity index is 196. The molecule has 2 rings (SSSR count). The molecule has 0 radical (unpaired) electrons. The molecule has 0 heterocycles. The van der Waals surface area contributed by atoms with E-state index in [2.05, 4.69) is 19.2 Å². The molecule has 0 saturated heterocycles. The van der Waals surface area contributed by atoms with E-state index in [1.807, 2.05) is 0 Å². The van der Waals surface area contributed by atoms with Gasteiger partial charge in [0.15, 0.2) is 0 Å². The Balaban J connectivity index is 1.77. The van der Waals surface area contributed by atoms with Gasteiger partial charge in [0.1, 0.15) is 0 Å². The molecule has 2 fully saturated rings. The Morgan fingerprint density at radius 3 is 1.76 bits per heavy atom. The molecule has 2 aliphatic carbocycles. The minimum atomic E-state index is 0.818. The molecule has 1 nitrogen and oxygen atoms in total.